The Morgan fingerprint density at radius 3 is 3.16 bits per heavy atom. The maximum atomic E-state index is 6.10. The Morgan fingerprint density at radius 1 is 1.63 bits per heavy atom. The van der Waals surface area contributed by atoms with Crippen molar-refractivity contribution in [3.8, 4) is 0 Å². The van der Waals surface area contributed by atoms with E-state index in [1.165, 1.54) is 17.1 Å². The fraction of sp³-hybridized carbons (Fsp3) is 0.769. The number of hydrogen-bond donors (Lipinski definition) is 2. The van der Waals surface area contributed by atoms with Crippen LogP contribution in [0, 0.1) is 12.8 Å². The van der Waals surface area contributed by atoms with Crippen LogP contribution in [0.2, 0.25) is 0 Å². The van der Waals surface area contributed by atoms with Crippen LogP contribution < -0.4 is 11.3 Å². The lowest BCUT2D eigenvalue weighted by Gasteiger charge is -2.40. The van der Waals surface area contributed by atoms with Crippen LogP contribution in [0.3, 0.4) is 0 Å². The smallest absolute Gasteiger partial charge is 0.0798 e. The molecule has 6 heteroatoms. The van der Waals surface area contributed by atoms with E-state index in [4.69, 9.17) is 10.6 Å². The third-order valence-electron chi connectivity index (χ3n) is 4.31. The second-order valence-electron chi connectivity index (χ2n) is 5.53. The van der Waals surface area contributed by atoms with Crippen molar-refractivity contribution in [2.45, 2.75) is 37.8 Å². The van der Waals surface area contributed by atoms with Gasteiger partial charge in [-0.05, 0) is 37.9 Å². The molecule has 0 saturated carbocycles. The number of thiazole rings is 1. The molecule has 2 aliphatic rings. The van der Waals surface area contributed by atoms with E-state index < -0.39 is 0 Å². The molecule has 2 fully saturated rings. The van der Waals surface area contributed by atoms with Crippen LogP contribution in [-0.4, -0.2) is 28.7 Å². The molecule has 19 heavy (non-hydrogen) atoms. The second-order valence-corrected chi connectivity index (χ2v) is 7.52. The molecular weight excluding hydrogens is 278 g/mol. The number of nitrogens with one attached hydrogen (secondary N) is 1. The molecular formula is C13H21N3OS2. The molecule has 2 saturated heterocycles. The Bertz CT molecular complexity index is 431. The first-order chi connectivity index (χ1) is 9.24. The Hall–Kier alpha value is -0.140. The van der Waals surface area contributed by atoms with Crippen LogP contribution in [0.25, 0.3) is 0 Å². The van der Waals surface area contributed by atoms with Gasteiger partial charge in [0.1, 0.15) is 0 Å². The molecule has 3 atom stereocenters. The Morgan fingerprint density at radius 2 is 2.53 bits per heavy atom. The van der Waals surface area contributed by atoms with Gasteiger partial charge in [0, 0.05) is 17.2 Å². The summed E-state index contributed by atoms with van der Waals surface area (Å²) < 4.78 is 6.10. The normalized spacial score (nSPS) is 32.8. The van der Waals surface area contributed by atoms with Gasteiger partial charge in [-0.3, -0.25) is 11.3 Å². The maximum absolute atomic E-state index is 6.10. The number of ether oxygens (including phenoxy) is 1. The van der Waals surface area contributed by atoms with Gasteiger partial charge in [0.2, 0.25) is 0 Å². The summed E-state index contributed by atoms with van der Waals surface area (Å²) in [7, 11) is 0. The average Bonchev–Trinajstić information content (AvgIpc) is 3.02. The third-order valence-corrected chi connectivity index (χ3v) is 6.55. The van der Waals surface area contributed by atoms with Crippen molar-refractivity contribution in [1.82, 2.24) is 10.4 Å². The van der Waals surface area contributed by atoms with Crippen LogP contribution in [0.15, 0.2) is 5.51 Å². The van der Waals surface area contributed by atoms with Gasteiger partial charge in [0.15, 0.2) is 0 Å². The molecule has 2 aliphatic heterocycles. The van der Waals surface area contributed by atoms with Crippen LogP contribution in [0.1, 0.15) is 35.9 Å². The van der Waals surface area contributed by atoms with Gasteiger partial charge in [-0.15, -0.1) is 11.3 Å². The number of thioether (sulfide) groups is 1. The standard InChI is InChI=1S/C13H21N3OS2/c1-9-12(19-8-15-9)11(16-14)10-2-4-17-13(6-10)3-5-18-7-13/h8,10-11,16H,2-7,14H2,1H3. The van der Waals surface area contributed by atoms with E-state index in [0.29, 0.717) is 5.92 Å². The lowest BCUT2D eigenvalue weighted by molar-refractivity contribution is -0.0852. The molecule has 3 N–H and O–H groups in total. The first-order valence-electron chi connectivity index (χ1n) is 6.82. The maximum Gasteiger partial charge on any atom is 0.0798 e. The summed E-state index contributed by atoms with van der Waals surface area (Å²) in [5.74, 6) is 8.76. The summed E-state index contributed by atoms with van der Waals surface area (Å²) >= 11 is 3.72. The predicted octanol–water partition coefficient (Wildman–Crippen LogP) is 2.26. The van der Waals surface area contributed by atoms with Crippen molar-refractivity contribution in [2.24, 2.45) is 11.8 Å². The molecule has 3 heterocycles. The molecule has 1 aromatic rings. The van der Waals surface area contributed by atoms with Crippen molar-refractivity contribution < 1.29 is 4.74 Å². The minimum atomic E-state index is 0.112. The quantitative estimate of drug-likeness (QED) is 0.662. The van der Waals surface area contributed by atoms with Gasteiger partial charge in [-0.1, -0.05) is 0 Å². The fourth-order valence-electron chi connectivity index (χ4n) is 3.25. The molecule has 4 nitrogen and oxygen atoms in total. The van der Waals surface area contributed by atoms with Gasteiger partial charge < -0.3 is 4.74 Å². The van der Waals surface area contributed by atoms with Gasteiger partial charge in [-0.2, -0.15) is 11.8 Å². The molecule has 0 bridgehead atoms. The minimum Gasteiger partial charge on any atom is -0.374 e. The molecule has 1 aromatic heterocycles. The molecule has 0 amide bonds. The van der Waals surface area contributed by atoms with Crippen molar-refractivity contribution in [3.05, 3.63) is 16.1 Å². The van der Waals surface area contributed by atoms with Crippen molar-refractivity contribution in [1.29, 1.82) is 0 Å². The van der Waals surface area contributed by atoms with Crippen molar-refractivity contribution in [3.63, 3.8) is 0 Å². The monoisotopic (exact) mass is 299 g/mol. The Kier molecular flexibility index (Phi) is 4.14. The van der Waals surface area contributed by atoms with Gasteiger partial charge in [0.05, 0.1) is 22.8 Å². The topological polar surface area (TPSA) is 60.2 Å². The number of aromatic nitrogens is 1. The van der Waals surface area contributed by atoms with Gasteiger partial charge >= 0.3 is 0 Å². The largest absolute Gasteiger partial charge is 0.374 e. The first-order valence-corrected chi connectivity index (χ1v) is 8.85. The summed E-state index contributed by atoms with van der Waals surface area (Å²) in [6.07, 6.45) is 3.39. The van der Waals surface area contributed by atoms with E-state index in [1.54, 1.807) is 11.3 Å². The number of nitrogens with zero attached hydrogens (tertiary/aromatic N) is 1. The lowest BCUT2D eigenvalue weighted by atomic mass is 9.80. The Labute approximate surface area is 122 Å². The van der Waals surface area contributed by atoms with Crippen LogP contribution in [-0.2, 0) is 4.74 Å². The van der Waals surface area contributed by atoms with Crippen molar-refractivity contribution >= 4 is 23.1 Å². The molecule has 1 spiro atoms. The number of hydrogen-bond acceptors (Lipinski definition) is 6. The number of hydrazine groups is 1. The van der Waals surface area contributed by atoms with Gasteiger partial charge in [0.25, 0.3) is 0 Å². The fourth-order valence-corrected chi connectivity index (χ4v) is 5.58. The molecule has 0 radical (unpaired) electrons. The first kappa shape index (κ1) is 13.8. The number of nitrogens with two attached hydrogens (primary N) is 1. The SMILES string of the molecule is Cc1ncsc1C(NN)C1CCOC2(CCSC2)C1. The van der Waals surface area contributed by atoms with Crippen molar-refractivity contribution in [2.75, 3.05) is 18.1 Å². The van der Waals surface area contributed by atoms with Crippen LogP contribution in [0.4, 0.5) is 0 Å². The summed E-state index contributed by atoms with van der Waals surface area (Å²) in [4.78, 5) is 5.64. The highest BCUT2D eigenvalue weighted by Gasteiger charge is 2.43. The van der Waals surface area contributed by atoms with E-state index in [1.807, 2.05) is 17.3 Å². The van der Waals surface area contributed by atoms with E-state index >= 15 is 0 Å². The predicted molar refractivity (Wildman–Crippen MR) is 80.3 cm³/mol. The summed E-state index contributed by atoms with van der Waals surface area (Å²) in [5, 5.41) is 0. The number of aryl methyl sites for hydroxylation is 1. The highest BCUT2D eigenvalue weighted by Crippen LogP contribution is 2.44. The summed E-state index contributed by atoms with van der Waals surface area (Å²) in [6.45, 7) is 2.93. The molecule has 3 rings (SSSR count). The summed E-state index contributed by atoms with van der Waals surface area (Å²) in [5.41, 5.74) is 6.16. The minimum absolute atomic E-state index is 0.112. The molecule has 0 aliphatic carbocycles. The lowest BCUT2D eigenvalue weighted by Crippen LogP contribution is -2.45. The van der Waals surface area contributed by atoms with E-state index in [-0.39, 0.29) is 11.6 Å². The van der Waals surface area contributed by atoms with Gasteiger partial charge in [-0.25, -0.2) is 4.98 Å². The van der Waals surface area contributed by atoms with Crippen LogP contribution >= 0.6 is 23.1 Å². The zero-order valence-electron chi connectivity index (χ0n) is 11.2. The average molecular weight is 299 g/mol. The third kappa shape index (κ3) is 2.69. The molecule has 106 valence electrons. The highest BCUT2D eigenvalue weighted by atomic mass is 32.2. The zero-order valence-corrected chi connectivity index (χ0v) is 12.9. The molecule has 0 aromatic carbocycles. The van der Waals surface area contributed by atoms with E-state index in [0.717, 1.165) is 30.9 Å². The summed E-state index contributed by atoms with van der Waals surface area (Å²) in [6, 6.07) is 0.221. The van der Waals surface area contributed by atoms with E-state index in [2.05, 4.69) is 17.3 Å². The van der Waals surface area contributed by atoms with E-state index in [9.17, 15) is 0 Å². The second kappa shape index (κ2) is 5.69. The zero-order chi connectivity index (χ0) is 13.3. The molecule has 3 unspecified atom stereocenters. The Balaban J connectivity index is 1.78. The van der Waals surface area contributed by atoms with Crippen LogP contribution in [0.5, 0.6) is 0 Å². The number of rotatable bonds is 3. The highest BCUT2D eigenvalue weighted by molar-refractivity contribution is 7.99.